The average molecular weight is 403 g/mol. The predicted octanol–water partition coefficient (Wildman–Crippen LogP) is 4.48. The minimum Gasteiger partial charge on any atom is -0.507 e. The quantitative estimate of drug-likeness (QED) is 0.500. The van der Waals surface area contributed by atoms with Gasteiger partial charge in [0.1, 0.15) is 16.9 Å². The van der Waals surface area contributed by atoms with Crippen molar-refractivity contribution in [3.63, 3.8) is 0 Å². The third kappa shape index (κ3) is 2.89. The van der Waals surface area contributed by atoms with E-state index in [4.69, 9.17) is 0 Å². The number of hydrogen-bond acceptors (Lipinski definition) is 6. The number of anilines is 1. The maximum Gasteiger partial charge on any atom is 0.158 e. The van der Waals surface area contributed by atoms with Gasteiger partial charge in [0.2, 0.25) is 0 Å². The van der Waals surface area contributed by atoms with E-state index in [0.29, 0.717) is 5.56 Å². The van der Waals surface area contributed by atoms with Crippen molar-refractivity contribution in [2.24, 2.45) is 5.10 Å². The van der Waals surface area contributed by atoms with Gasteiger partial charge in [0, 0.05) is 14.9 Å². The number of nitrogens with one attached hydrogen (secondary N) is 1. The summed E-state index contributed by atoms with van der Waals surface area (Å²) in [5, 5.41) is 15.2. The molecule has 3 aromatic rings. The molecule has 2 aromatic heterocycles. The summed E-state index contributed by atoms with van der Waals surface area (Å²) in [7, 11) is 0. The molecule has 2 heterocycles. The zero-order chi connectivity index (χ0) is 16.5. The molecular weight excluding hydrogens is 388 g/mol. The molecule has 1 aliphatic carbocycles. The lowest BCUT2D eigenvalue weighted by Gasteiger charge is -2.11. The monoisotopic (exact) mass is 402 g/mol. The van der Waals surface area contributed by atoms with Crippen LogP contribution >= 0.6 is 27.3 Å². The van der Waals surface area contributed by atoms with Crippen LogP contribution in [0.5, 0.6) is 5.75 Å². The van der Waals surface area contributed by atoms with Crippen molar-refractivity contribution in [1.29, 1.82) is 0 Å². The number of aryl methyl sites for hydroxylation is 2. The van der Waals surface area contributed by atoms with E-state index < -0.39 is 0 Å². The highest BCUT2D eigenvalue weighted by atomic mass is 79.9. The van der Waals surface area contributed by atoms with Crippen molar-refractivity contribution >= 4 is 49.5 Å². The third-order valence-electron chi connectivity index (χ3n) is 4.12. The van der Waals surface area contributed by atoms with E-state index in [9.17, 15) is 5.11 Å². The third-order valence-corrected chi connectivity index (χ3v) is 5.81. The second kappa shape index (κ2) is 6.49. The van der Waals surface area contributed by atoms with Gasteiger partial charge in [-0.2, -0.15) is 5.10 Å². The Bertz CT molecular complexity index is 938. The summed E-state index contributed by atoms with van der Waals surface area (Å²) in [5.74, 6) is 0.912. The van der Waals surface area contributed by atoms with Gasteiger partial charge in [-0.25, -0.2) is 9.97 Å². The topological polar surface area (TPSA) is 70.4 Å². The maximum absolute atomic E-state index is 9.87. The molecule has 122 valence electrons. The number of nitrogens with zero attached hydrogens (tertiary/aromatic N) is 3. The zero-order valence-electron chi connectivity index (χ0n) is 12.8. The van der Waals surface area contributed by atoms with Gasteiger partial charge < -0.3 is 5.11 Å². The Labute approximate surface area is 151 Å². The second-order valence-electron chi connectivity index (χ2n) is 5.69. The van der Waals surface area contributed by atoms with Crippen molar-refractivity contribution in [1.82, 2.24) is 9.97 Å². The van der Waals surface area contributed by atoms with Gasteiger partial charge in [0.15, 0.2) is 5.82 Å². The molecule has 5 nitrogen and oxygen atoms in total. The van der Waals surface area contributed by atoms with Crippen LogP contribution in [-0.4, -0.2) is 21.3 Å². The molecular formula is C17H15BrN4OS. The van der Waals surface area contributed by atoms with E-state index in [-0.39, 0.29) is 5.75 Å². The normalized spacial score (nSPS) is 14.2. The first kappa shape index (κ1) is 15.5. The van der Waals surface area contributed by atoms with Crippen LogP contribution in [0.3, 0.4) is 0 Å². The van der Waals surface area contributed by atoms with Crippen LogP contribution in [0.15, 0.2) is 34.1 Å². The minimum absolute atomic E-state index is 0.185. The smallest absolute Gasteiger partial charge is 0.158 e. The van der Waals surface area contributed by atoms with Crippen molar-refractivity contribution < 1.29 is 5.11 Å². The second-order valence-corrected chi connectivity index (χ2v) is 7.69. The van der Waals surface area contributed by atoms with Crippen molar-refractivity contribution in [2.75, 3.05) is 5.43 Å². The summed E-state index contributed by atoms with van der Waals surface area (Å²) in [6.45, 7) is 0. The molecule has 0 aliphatic heterocycles. The highest BCUT2D eigenvalue weighted by Crippen LogP contribution is 2.38. The molecule has 0 atom stereocenters. The fourth-order valence-corrected chi connectivity index (χ4v) is 4.57. The van der Waals surface area contributed by atoms with Gasteiger partial charge in [-0.05, 0) is 49.4 Å². The van der Waals surface area contributed by atoms with Gasteiger partial charge in [0.25, 0.3) is 0 Å². The first-order valence-corrected chi connectivity index (χ1v) is 9.36. The molecule has 2 N–H and O–H groups in total. The first-order valence-electron chi connectivity index (χ1n) is 7.75. The molecule has 0 bridgehead atoms. The zero-order valence-corrected chi connectivity index (χ0v) is 15.2. The van der Waals surface area contributed by atoms with Crippen LogP contribution in [0.25, 0.3) is 10.2 Å². The fourth-order valence-electron chi connectivity index (χ4n) is 2.97. The highest BCUT2D eigenvalue weighted by molar-refractivity contribution is 9.10. The molecule has 0 spiro atoms. The van der Waals surface area contributed by atoms with Crippen LogP contribution in [0.4, 0.5) is 5.82 Å². The van der Waals surface area contributed by atoms with E-state index >= 15 is 0 Å². The molecule has 0 amide bonds. The van der Waals surface area contributed by atoms with Crippen LogP contribution in [0.2, 0.25) is 0 Å². The lowest BCUT2D eigenvalue weighted by Crippen LogP contribution is -2.01. The number of hydrogen-bond donors (Lipinski definition) is 2. The summed E-state index contributed by atoms with van der Waals surface area (Å²) < 4.78 is 0.887. The number of fused-ring (bicyclic) bond motifs is 3. The van der Waals surface area contributed by atoms with Crippen molar-refractivity contribution in [3.8, 4) is 5.75 Å². The van der Waals surface area contributed by atoms with E-state index in [0.717, 1.165) is 33.3 Å². The molecule has 1 aromatic carbocycles. The lowest BCUT2D eigenvalue weighted by atomic mass is 9.97. The molecule has 1 aliphatic rings. The average Bonchev–Trinajstić information content (AvgIpc) is 2.97. The van der Waals surface area contributed by atoms with Gasteiger partial charge in [-0.1, -0.05) is 15.9 Å². The molecule has 0 saturated heterocycles. The molecule has 0 radical (unpaired) electrons. The minimum atomic E-state index is 0.185. The van der Waals surface area contributed by atoms with Gasteiger partial charge >= 0.3 is 0 Å². The fraction of sp³-hybridized carbons (Fsp3) is 0.235. The number of benzene rings is 1. The van der Waals surface area contributed by atoms with Gasteiger partial charge in [-0.3, -0.25) is 5.43 Å². The van der Waals surface area contributed by atoms with E-state index in [2.05, 4.69) is 36.4 Å². The molecule has 0 fully saturated rings. The number of phenols is 1. The summed E-state index contributed by atoms with van der Waals surface area (Å²) in [5.41, 5.74) is 5.02. The predicted molar refractivity (Wildman–Crippen MR) is 101 cm³/mol. The highest BCUT2D eigenvalue weighted by Gasteiger charge is 2.19. The van der Waals surface area contributed by atoms with Crippen LogP contribution in [0, 0.1) is 0 Å². The molecule has 7 heteroatoms. The Morgan fingerprint density at radius 3 is 3.04 bits per heavy atom. The Hall–Kier alpha value is -1.99. The Balaban J connectivity index is 1.66. The van der Waals surface area contributed by atoms with E-state index in [1.807, 2.05) is 6.07 Å². The molecule has 24 heavy (non-hydrogen) atoms. The van der Waals surface area contributed by atoms with Gasteiger partial charge in [-0.15, -0.1) is 11.3 Å². The summed E-state index contributed by atoms with van der Waals surface area (Å²) in [6, 6.07) is 5.22. The number of thiophene rings is 1. The summed E-state index contributed by atoms with van der Waals surface area (Å²) in [6.07, 6.45) is 7.82. The van der Waals surface area contributed by atoms with E-state index in [1.165, 1.54) is 23.3 Å². The Morgan fingerprint density at radius 2 is 2.12 bits per heavy atom. The van der Waals surface area contributed by atoms with Crippen LogP contribution < -0.4 is 5.43 Å². The Kier molecular flexibility index (Phi) is 4.20. The first-order chi connectivity index (χ1) is 11.7. The standard InChI is InChI=1S/C17H15BrN4OS/c18-11-5-6-13(23)10(7-11)8-21-22-16-15-12-3-1-2-4-14(12)24-17(15)20-9-19-16/h5-9,23H,1-4H2,(H,19,20,22)/b21-8+. The number of aromatic nitrogens is 2. The van der Waals surface area contributed by atoms with E-state index in [1.54, 1.807) is 36.0 Å². The lowest BCUT2D eigenvalue weighted by molar-refractivity contribution is 0.474. The summed E-state index contributed by atoms with van der Waals surface area (Å²) in [4.78, 5) is 11.2. The Morgan fingerprint density at radius 1 is 1.25 bits per heavy atom. The van der Waals surface area contributed by atoms with Crippen LogP contribution in [0.1, 0.15) is 28.8 Å². The summed E-state index contributed by atoms with van der Waals surface area (Å²) >= 11 is 5.15. The number of halogens is 1. The molecule has 4 rings (SSSR count). The molecule has 0 unspecified atom stereocenters. The number of rotatable bonds is 3. The van der Waals surface area contributed by atoms with Crippen molar-refractivity contribution in [3.05, 3.63) is 45.0 Å². The van der Waals surface area contributed by atoms with Crippen LogP contribution in [-0.2, 0) is 12.8 Å². The SMILES string of the molecule is Oc1ccc(Br)cc1/C=N/Nc1ncnc2sc3c(c12)CCCC3. The van der Waals surface area contributed by atoms with Crippen molar-refractivity contribution in [2.45, 2.75) is 25.7 Å². The number of phenolic OH excluding ortho intramolecular Hbond substituents is 1. The largest absolute Gasteiger partial charge is 0.507 e. The molecule has 0 saturated carbocycles. The maximum atomic E-state index is 9.87. The van der Waals surface area contributed by atoms with Gasteiger partial charge in [0.05, 0.1) is 11.6 Å². The number of aromatic hydroxyl groups is 1. The number of hydrazone groups is 1.